The summed E-state index contributed by atoms with van der Waals surface area (Å²) in [6, 6.07) is 19.1. The molecule has 1 fully saturated rings. The summed E-state index contributed by atoms with van der Waals surface area (Å²) in [6.07, 6.45) is 3.60. The van der Waals surface area contributed by atoms with Crippen LogP contribution < -0.4 is 10.5 Å². The van der Waals surface area contributed by atoms with Crippen molar-refractivity contribution in [3.05, 3.63) is 111 Å². The summed E-state index contributed by atoms with van der Waals surface area (Å²) in [5.41, 5.74) is 7.43. The van der Waals surface area contributed by atoms with Crippen molar-refractivity contribution < 1.29 is 13.7 Å². The van der Waals surface area contributed by atoms with Crippen LogP contribution in [0.4, 0.5) is 4.39 Å². The molecule has 7 nitrogen and oxygen atoms in total. The van der Waals surface area contributed by atoms with Gasteiger partial charge in [0.15, 0.2) is 5.82 Å². The number of aromatic nitrogens is 4. The van der Waals surface area contributed by atoms with Crippen LogP contribution in [-0.4, -0.2) is 19.7 Å². The van der Waals surface area contributed by atoms with Gasteiger partial charge in [0.25, 0.3) is 0 Å². The van der Waals surface area contributed by atoms with E-state index in [1.165, 1.54) is 31.4 Å². The Balaban J connectivity index is 1.35. The third kappa shape index (κ3) is 3.75. The van der Waals surface area contributed by atoms with Crippen molar-refractivity contribution in [3.8, 4) is 5.75 Å². The molecule has 0 bridgehead atoms. The van der Waals surface area contributed by atoms with E-state index in [9.17, 15) is 9.18 Å². The van der Waals surface area contributed by atoms with Gasteiger partial charge in [0.2, 0.25) is 0 Å². The molecule has 0 spiro atoms. The molecular weight excluding hydrogens is 483 g/mol. The summed E-state index contributed by atoms with van der Waals surface area (Å²) >= 11 is 0. The average Bonchev–Trinajstić information content (AvgIpc) is 3.43. The Morgan fingerprint density at radius 2 is 1.95 bits per heavy atom. The topological polar surface area (TPSA) is 85.9 Å². The minimum atomic E-state index is -0.630. The van der Waals surface area contributed by atoms with Gasteiger partial charge < -0.3 is 9.30 Å². The molecule has 8 heteroatoms. The Morgan fingerprint density at radius 3 is 2.74 bits per heavy atom. The van der Waals surface area contributed by atoms with E-state index in [2.05, 4.69) is 51.1 Å². The van der Waals surface area contributed by atoms with Gasteiger partial charge in [-0.3, -0.25) is 9.51 Å². The normalized spacial score (nSPS) is 16.4. The van der Waals surface area contributed by atoms with Crippen LogP contribution in [0.25, 0.3) is 22.2 Å². The Morgan fingerprint density at radius 1 is 1.11 bits per heavy atom. The van der Waals surface area contributed by atoms with Crippen LogP contribution in [0.3, 0.4) is 0 Å². The first-order valence-corrected chi connectivity index (χ1v) is 12.8. The minimum Gasteiger partial charge on any atom is -0.488 e. The molecule has 1 aliphatic heterocycles. The van der Waals surface area contributed by atoms with Gasteiger partial charge >= 0.3 is 5.76 Å². The van der Waals surface area contributed by atoms with Gasteiger partial charge in [-0.1, -0.05) is 35.8 Å². The van der Waals surface area contributed by atoms with E-state index in [0.717, 1.165) is 44.7 Å². The van der Waals surface area contributed by atoms with Crippen LogP contribution in [0, 0.1) is 5.82 Å². The molecule has 0 unspecified atom stereocenters. The van der Waals surface area contributed by atoms with Crippen molar-refractivity contribution in [2.24, 2.45) is 0 Å². The largest absolute Gasteiger partial charge is 0.488 e. The Hall–Kier alpha value is -4.46. The first kappa shape index (κ1) is 22.7. The highest BCUT2D eigenvalue weighted by atomic mass is 19.1. The molecule has 2 aliphatic rings. The monoisotopic (exact) mass is 508 g/mol. The average molecular weight is 509 g/mol. The molecule has 7 rings (SSSR count). The predicted molar refractivity (Wildman–Crippen MR) is 141 cm³/mol. The third-order valence-corrected chi connectivity index (χ3v) is 7.70. The number of halogens is 1. The van der Waals surface area contributed by atoms with Gasteiger partial charge in [-0.25, -0.2) is 14.2 Å². The highest BCUT2D eigenvalue weighted by Crippen LogP contribution is 2.42. The molecule has 1 saturated carbocycles. The van der Waals surface area contributed by atoms with Gasteiger partial charge in [-0.2, -0.15) is 0 Å². The lowest BCUT2D eigenvalue weighted by Crippen LogP contribution is -2.16. The van der Waals surface area contributed by atoms with E-state index in [1.54, 1.807) is 6.07 Å². The molecule has 1 N–H and O–H groups in total. The van der Waals surface area contributed by atoms with Crippen LogP contribution in [0.15, 0.2) is 70.0 Å². The molecule has 0 saturated heterocycles. The first-order chi connectivity index (χ1) is 18.5. The number of para-hydroxylation sites is 2. The lowest BCUT2D eigenvalue weighted by molar-refractivity contribution is 0.305. The maximum atomic E-state index is 14.2. The van der Waals surface area contributed by atoms with Gasteiger partial charge in [-0.05, 0) is 72.4 Å². The Labute approximate surface area is 217 Å². The zero-order valence-electron chi connectivity index (χ0n) is 20.8. The number of imidazole rings is 1. The lowest BCUT2D eigenvalue weighted by Gasteiger charge is -2.26. The molecule has 38 heavy (non-hydrogen) atoms. The van der Waals surface area contributed by atoms with E-state index in [-0.39, 0.29) is 12.4 Å². The molecule has 0 amide bonds. The number of nitrogens with one attached hydrogen (secondary N) is 1. The maximum absolute atomic E-state index is 14.2. The summed E-state index contributed by atoms with van der Waals surface area (Å²) in [7, 11) is 0. The number of allylic oxidation sites excluding steroid dienone is 1. The van der Waals surface area contributed by atoms with Gasteiger partial charge in [-0.15, -0.1) is 0 Å². The van der Waals surface area contributed by atoms with Crippen LogP contribution in [0.1, 0.15) is 66.0 Å². The molecule has 5 aromatic rings. The molecule has 0 radical (unpaired) electrons. The fourth-order valence-corrected chi connectivity index (χ4v) is 5.57. The SMILES string of the molecule is CC(=C1c2ccc(Cn3c(C4CCC4)nc4ccccc43)cc2COc2cc(F)ccc21)c1noc(=O)[nH]1. The first-order valence-electron chi connectivity index (χ1n) is 12.8. The standard InChI is InChI=1S/C30H25FN4O3/c1-17(28-33-30(36)38-34-28)27-22-11-9-18(13-20(22)16-37-26-14-21(31)10-12-23(26)27)15-35-25-8-3-2-7-24(25)32-29(35)19-5-4-6-19/h2-3,7-14,19H,4-6,15-16H2,1H3,(H,33,34,36). The second kappa shape index (κ2) is 8.83. The highest BCUT2D eigenvalue weighted by Gasteiger charge is 2.27. The molecule has 3 aromatic carbocycles. The maximum Gasteiger partial charge on any atom is 0.439 e. The van der Waals surface area contributed by atoms with Gasteiger partial charge in [0, 0.05) is 29.7 Å². The fraction of sp³-hybridized carbons (Fsp3) is 0.233. The van der Waals surface area contributed by atoms with Crippen LogP contribution >= 0.6 is 0 Å². The van der Waals surface area contributed by atoms with Crippen molar-refractivity contribution in [1.29, 1.82) is 0 Å². The molecule has 2 aromatic heterocycles. The van der Waals surface area contributed by atoms with Crippen LogP contribution in [-0.2, 0) is 13.2 Å². The second-order valence-electron chi connectivity index (χ2n) is 10.0. The second-order valence-corrected chi connectivity index (χ2v) is 10.0. The molecule has 0 atom stereocenters. The number of ether oxygens (including phenoxy) is 1. The van der Waals surface area contributed by atoms with Crippen molar-refractivity contribution in [2.45, 2.75) is 45.3 Å². The van der Waals surface area contributed by atoms with Gasteiger partial charge in [0.1, 0.15) is 24.0 Å². The van der Waals surface area contributed by atoms with E-state index in [0.29, 0.717) is 29.6 Å². The van der Waals surface area contributed by atoms with Crippen molar-refractivity contribution in [2.75, 3.05) is 0 Å². The Kier molecular flexibility index (Phi) is 5.28. The third-order valence-electron chi connectivity index (χ3n) is 7.70. The zero-order chi connectivity index (χ0) is 25.8. The van der Waals surface area contributed by atoms with Crippen LogP contribution in [0.5, 0.6) is 5.75 Å². The Bertz CT molecular complexity index is 1790. The number of rotatable bonds is 4. The number of benzene rings is 3. The summed E-state index contributed by atoms with van der Waals surface area (Å²) in [6.45, 7) is 2.84. The summed E-state index contributed by atoms with van der Waals surface area (Å²) < 4.78 is 27.4. The lowest BCUT2D eigenvalue weighted by atomic mass is 9.84. The predicted octanol–water partition coefficient (Wildman–Crippen LogP) is 6.04. The smallest absolute Gasteiger partial charge is 0.439 e. The van der Waals surface area contributed by atoms with E-state index in [4.69, 9.17) is 14.2 Å². The number of hydrogen-bond donors (Lipinski definition) is 1. The minimum absolute atomic E-state index is 0.284. The number of H-pyrrole nitrogens is 1. The number of hydrogen-bond acceptors (Lipinski definition) is 5. The van der Waals surface area contributed by atoms with E-state index >= 15 is 0 Å². The molecule has 3 heterocycles. The quantitative estimate of drug-likeness (QED) is 0.320. The molecular formula is C30H25FN4O3. The number of nitrogens with zero attached hydrogens (tertiary/aromatic N) is 3. The number of aromatic amines is 1. The van der Waals surface area contributed by atoms with Gasteiger partial charge in [0.05, 0.1) is 11.0 Å². The summed E-state index contributed by atoms with van der Waals surface area (Å²) in [5.74, 6) is 1.41. The summed E-state index contributed by atoms with van der Waals surface area (Å²) in [5, 5.41) is 3.89. The van der Waals surface area contributed by atoms with Crippen molar-refractivity contribution in [3.63, 3.8) is 0 Å². The van der Waals surface area contributed by atoms with E-state index in [1.807, 2.05) is 13.0 Å². The van der Waals surface area contributed by atoms with Crippen molar-refractivity contribution in [1.82, 2.24) is 19.7 Å². The van der Waals surface area contributed by atoms with E-state index < -0.39 is 5.76 Å². The molecule has 1 aliphatic carbocycles. The summed E-state index contributed by atoms with van der Waals surface area (Å²) in [4.78, 5) is 19.3. The number of fused-ring (bicyclic) bond motifs is 3. The molecule has 190 valence electrons. The highest BCUT2D eigenvalue weighted by molar-refractivity contribution is 5.99. The fourth-order valence-electron chi connectivity index (χ4n) is 5.57. The van der Waals surface area contributed by atoms with Crippen LogP contribution in [0.2, 0.25) is 0 Å². The zero-order valence-corrected chi connectivity index (χ0v) is 20.8. The van der Waals surface area contributed by atoms with Crippen molar-refractivity contribution >= 4 is 22.2 Å².